The van der Waals surface area contributed by atoms with Crippen molar-refractivity contribution < 1.29 is 18.7 Å². The maximum atomic E-state index is 13.7. The molecule has 0 N–H and O–H groups in total. The summed E-state index contributed by atoms with van der Waals surface area (Å²) in [5, 5.41) is 0.426. The summed E-state index contributed by atoms with van der Waals surface area (Å²) in [6, 6.07) is 17.2. The Morgan fingerprint density at radius 2 is 1.86 bits per heavy atom. The second-order valence-electron chi connectivity index (χ2n) is 8.50. The standard InChI is InChI=1S/C28H26N2O5/c1-4-5-15-34-21-14-13-18(16-22(21)33-3)25-24-26(31)19-10-6-7-11-20(19)35-27(24)28(32)30(25)23-12-8-9-17(2)29-23/h6-14,16,25H,4-5,15H2,1-3H3/t25-/m1/s1. The lowest BCUT2D eigenvalue weighted by atomic mass is 9.98. The number of fused-ring (bicyclic) bond motifs is 2. The average Bonchev–Trinajstić information content (AvgIpc) is 3.17. The van der Waals surface area contributed by atoms with Crippen LogP contribution in [-0.4, -0.2) is 24.6 Å². The maximum absolute atomic E-state index is 13.7. The molecular weight excluding hydrogens is 444 g/mol. The maximum Gasteiger partial charge on any atom is 0.296 e. The van der Waals surface area contributed by atoms with Crippen LogP contribution in [0.2, 0.25) is 0 Å². The predicted molar refractivity (Wildman–Crippen MR) is 134 cm³/mol. The Hall–Kier alpha value is -4.13. The summed E-state index contributed by atoms with van der Waals surface area (Å²) >= 11 is 0. The molecule has 1 atom stereocenters. The number of hydrogen-bond donors (Lipinski definition) is 0. The van der Waals surface area contributed by atoms with Crippen LogP contribution in [0.4, 0.5) is 5.82 Å². The van der Waals surface area contributed by atoms with Crippen LogP contribution in [0, 0.1) is 6.92 Å². The van der Waals surface area contributed by atoms with Crippen molar-refractivity contribution in [3.8, 4) is 11.5 Å². The van der Waals surface area contributed by atoms with Crippen molar-refractivity contribution in [2.24, 2.45) is 0 Å². The van der Waals surface area contributed by atoms with Crippen molar-refractivity contribution in [1.29, 1.82) is 0 Å². The summed E-state index contributed by atoms with van der Waals surface area (Å²) in [6.07, 6.45) is 1.94. The van der Waals surface area contributed by atoms with E-state index in [1.54, 1.807) is 37.4 Å². The first kappa shape index (κ1) is 22.7. The van der Waals surface area contributed by atoms with Gasteiger partial charge in [-0.15, -0.1) is 0 Å². The van der Waals surface area contributed by atoms with E-state index >= 15 is 0 Å². The number of benzene rings is 2. The number of rotatable bonds is 7. The van der Waals surface area contributed by atoms with Gasteiger partial charge >= 0.3 is 0 Å². The normalized spacial score (nSPS) is 14.9. The summed E-state index contributed by atoms with van der Waals surface area (Å²) in [6.45, 7) is 4.53. The lowest BCUT2D eigenvalue weighted by molar-refractivity contribution is 0.0970. The molecule has 2 aromatic heterocycles. The van der Waals surface area contributed by atoms with E-state index in [-0.39, 0.29) is 11.2 Å². The van der Waals surface area contributed by atoms with Crippen LogP contribution in [0.1, 0.15) is 53.2 Å². The van der Waals surface area contributed by atoms with Crippen molar-refractivity contribution in [3.05, 3.63) is 93.5 Å². The van der Waals surface area contributed by atoms with E-state index < -0.39 is 11.9 Å². The molecule has 0 unspecified atom stereocenters. The first-order valence-electron chi connectivity index (χ1n) is 11.7. The van der Waals surface area contributed by atoms with Crippen LogP contribution >= 0.6 is 0 Å². The first-order valence-corrected chi connectivity index (χ1v) is 11.7. The molecule has 0 aliphatic carbocycles. The Bertz CT molecular complexity index is 1480. The van der Waals surface area contributed by atoms with Crippen molar-refractivity contribution >= 4 is 22.7 Å². The minimum absolute atomic E-state index is 0.0317. The number of carbonyl (C=O) groups is 1. The molecule has 178 valence electrons. The van der Waals surface area contributed by atoms with E-state index in [4.69, 9.17) is 13.9 Å². The van der Waals surface area contributed by atoms with E-state index in [2.05, 4.69) is 11.9 Å². The average molecular weight is 471 g/mol. The van der Waals surface area contributed by atoms with Crippen LogP contribution < -0.4 is 19.8 Å². The highest BCUT2D eigenvalue weighted by Crippen LogP contribution is 2.42. The number of aryl methyl sites for hydroxylation is 1. The zero-order valence-corrected chi connectivity index (χ0v) is 19.9. The molecule has 7 nitrogen and oxygen atoms in total. The largest absolute Gasteiger partial charge is 0.493 e. The third-order valence-electron chi connectivity index (χ3n) is 6.16. The van der Waals surface area contributed by atoms with Gasteiger partial charge in [-0.05, 0) is 55.3 Å². The van der Waals surface area contributed by atoms with E-state index in [9.17, 15) is 9.59 Å². The summed E-state index contributed by atoms with van der Waals surface area (Å²) < 4.78 is 17.5. The number of carbonyl (C=O) groups excluding carboxylic acids is 1. The van der Waals surface area contributed by atoms with Gasteiger partial charge in [-0.1, -0.05) is 37.6 Å². The van der Waals surface area contributed by atoms with Crippen LogP contribution in [0.15, 0.2) is 69.9 Å². The Labute approximate surface area is 202 Å². The number of aromatic nitrogens is 1. The number of pyridine rings is 1. The van der Waals surface area contributed by atoms with E-state index in [1.165, 1.54) is 4.90 Å². The monoisotopic (exact) mass is 470 g/mol. The smallest absolute Gasteiger partial charge is 0.296 e. The van der Waals surface area contributed by atoms with Crippen LogP contribution in [-0.2, 0) is 0 Å². The molecule has 0 fully saturated rings. The molecule has 35 heavy (non-hydrogen) atoms. The van der Waals surface area contributed by atoms with Crippen molar-refractivity contribution in [2.75, 3.05) is 18.6 Å². The topological polar surface area (TPSA) is 81.9 Å². The van der Waals surface area contributed by atoms with Gasteiger partial charge in [0.1, 0.15) is 11.4 Å². The van der Waals surface area contributed by atoms with Gasteiger partial charge in [0.05, 0.1) is 30.7 Å². The SMILES string of the molecule is CCCCOc1ccc([C@@H]2c3c(oc4ccccc4c3=O)C(=O)N2c2cccc(C)n2)cc1OC. The highest BCUT2D eigenvalue weighted by atomic mass is 16.5. The number of methoxy groups -OCH3 is 1. The molecule has 4 aromatic rings. The number of amides is 1. The minimum atomic E-state index is -0.730. The molecule has 2 aromatic carbocycles. The van der Waals surface area contributed by atoms with Gasteiger partial charge in [0.2, 0.25) is 5.76 Å². The van der Waals surface area contributed by atoms with Crippen LogP contribution in [0.25, 0.3) is 11.0 Å². The third-order valence-corrected chi connectivity index (χ3v) is 6.16. The van der Waals surface area contributed by atoms with Gasteiger partial charge in [-0.3, -0.25) is 14.5 Å². The molecule has 1 aliphatic rings. The Kier molecular flexibility index (Phi) is 5.99. The third kappa shape index (κ3) is 3.93. The second-order valence-corrected chi connectivity index (χ2v) is 8.50. The first-order chi connectivity index (χ1) is 17.0. The Morgan fingerprint density at radius 1 is 1.03 bits per heavy atom. The highest BCUT2D eigenvalue weighted by molar-refractivity contribution is 6.10. The Balaban J connectivity index is 1.71. The molecule has 3 heterocycles. The fraction of sp³-hybridized carbons (Fsp3) is 0.250. The van der Waals surface area contributed by atoms with E-state index in [0.29, 0.717) is 46.0 Å². The molecule has 0 radical (unpaired) electrons. The van der Waals surface area contributed by atoms with Gasteiger partial charge in [-0.25, -0.2) is 4.98 Å². The molecule has 0 saturated heterocycles. The zero-order chi connectivity index (χ0) is 24.5. The number of anilines is 1. The molecule has 1 aliphatic heterocycles. The molecule has 0 bridgehead atoms. The number of nitrogens with zero attached hydrogens (tertiary/aromatic N) is 2. The van der Waals surface area contributed by atoms with Crippen molar-refractivity contribution in [1.82, 2.24) is 4.98 Å². The van der Waals surface area contributed by atoms with Gasteiger partial charge in [0.15, 0.2) is 16.9 Å². The summed E-state index contributed by atoms with van der Waals surface area (Å²) in [7, 11) is 1.57. The number of para-hydroxylation sites is 1. The van der Waals surface area contributed by atoms with E-state index in [1.807, 2.05) is 37.3 Å². The number of hydrogen-bond acceptors (Lipinski definition) is 6. The minimum Gasteiger partial charge on any atom is -0.493 e. The molecule has 1 amide bonds. The van der Waals surface area contributed by atoms with Gasteiger partial charge < -0.3 is 13.9 Å². The summed E-state index contributed by atoms with van der Waals surface area (Å²) in [5.41, 5.74) is 1.88. The lowest BCUT2D eigenvalue weighted by Crippen LogP contribution is -2.30. The fourth-order valence-corrected chi connectivity index (χ4v) is 4.43. The van der Waals surface area contributed by atoms with Gasteiger partial charge in [0.25, 0.3) is 5.91 Å². The van der Waals surface area contributed by atoms with Crippen LogP contribution in [0.5, 0.6) is 11.5 Å². The Morgan fingerprint density at radius 3 is 2.63 bits per heavy atom. The van der Waals surface area contributed by atoms with Crippen molar-refractivity contribution in [2.45, 2.75) is 32.7 Å². The zero-order valence-electron chi connectivity index (χ0n) is 19.9. The fourth-order valence-electron chi connectivity index (χ4n) is 4.43. The predicted octanol–water partition coefficient (Wildman–Crippen LogP) is 5.43. The molecule has 7 heteroatoms. The quantitative estimate of drug-likeness (QED) is 0.335. The lowest BCUT2D eigenvalue weighted by Gasteiger charge is -2.25. The highest BCUT2D eigenvalue weighted by Gasteiger charge is 2.44. The molecular formula is C28H26N2O5. The number of unbranched alkanes of at least 4 members (excludes halogenated alkanes) is 1. The van der Waals surface area contributed by atoms with Gasteiger partial charge in [-0.2, -0.15) is 0 Å². The summed E-state index contributed by atoms with van der Waals surface area (Å²) in [5.74, 6) is 1.20. The number of ether oxygens (including phenoxy) is 2. The van der Waals surface area contributed by atoms with Gasteiger partial charge in [0, 0.05) is 5.69 Å². The second kappa shape index (κ2) is 9.25. The molecule has 0 spiro atoms. The van der Waals surface area contributed by atoms with Crippen molar-refractivity contribution in [3.63, 3.8) is 0 Å². The molecule has 5 rings (SSSR count). The molecule has 0 saturated carbocycles. The van der Waals surface area contributed by atoms with Crippen LogP contribution in [0.3, 0.4) is 0 Å². The van der Waals surface area contributed by atoms with E-state index in [0.717, 1.165) is 18.5 Å². The summed E-state index contributed by atoms with van der Waals surface area (Å²) in [4.78, 5) is 33.5.